The van der Waals surface area contributed by atoms with Crippen molar-refractivity contribution in [3.05, 3.63) is 39.9 Å². The SMILES string of the molecule is CN(C)CCN(CC(=O)O)C(=O)c1ccccc1[N+](=O)[O-]. The van der Waals surface area contributed by atoms with Crippen molar-refractivity contribution >= 4 is 17.6 Å². The molecule has 1 rings (SSSR count). The predicted octanol–water partition coefficient (Wildman–Crippen LogP) is 0.683. The summed E-state index contributed by atoms with van der Waals surface area (Å²) in [5.41, 5.74) is -0.440. The van der Waals surface area contributed by atoms with Gasteiger partial charge in [-0.3, -0.25) is 19.7 Å². The maximum Gasteiger partial charge on any atom is 0.323 e. The summed E-state index contributed by atoms with van der Waals surface area (Å²) in [7, 11) is 3.57. The minimum Gasteiger partial charge on any atom is -0.480 e. The van der Waals surface area contributed by atoms with Crippen LogP contribution in [0.1, 0.15) is 10.4 Å². The number of para-hydroxylation sites is 1. The van der Waals surface area contributed by atoms with Crippen LogP contribution < -0.4 is 0 Å². The molecule has 114 valence electrons. The Morgan fingerprint density at radius 1 is 1.24 bits per heavy atom. The van der Waals surface area contributed by atoms with E-state index in [1.807, 2.05) is 0 Å². The average molecular weight is 295 g/mol. The van der Waals surface area contributed by atoms with Gasteiger partial charge >= 0.3 is 5.97 Å². The van der Waals surface area contributed by atoms with Crippen molar-refractivity contribution in [1.29, 1.82) is 0 Å². The highest BCUT2D eigenvalue weighted by Gasteiger charge is 2.25. The van der Waals surface area contributed by atoms with E-state index in [4.69, 9.17) is 5.11 Å². The van der Waals surface area contributed by atoms with Crippen LogP contribution in [0.3, 0.4) is 0 Å². The minimum absolute atomic E-state index is 0.109. The lowest BCUT2D eigenvalue weighted by Gasteiger charge is -2.22. The number of aliphatic carboxylic acids is 1. The van der Waals surface area contributed by atoms with Gasteiger partial charge in [0.2, 0.25) is 0 Å². The van der Waals surface area contributed by atoms with Gasteiger partial charge in [-0.05, 0) is 20.2 Å². The van der Waals surface area contributed by atoms with Crippen LogP contribution in [0.25, 0.3) is 0 Å². The minimum atomic E-state index is -1.17. The lowest BCUT2D eigenvalue weighted by atomic mass is 10.1. The summed E-state index contributed by atoms with van der Waals surface area (Å²) in [4.78, 5) is 36.4. The molecule has 8 nitrogen and oxygen atoms in total. The van der Waals surface area contributed by atoms with E-state index in [1.54, 1.807) is 19.0 Å². The summed E-state index contributed by atoms with van der Waals surface area (Å²) in [5, 5.41) is 19.8. The van der Waals surface area contributed by atoms with Gasteiger partial charge in [0.1, 0.15) is 12.1 Å². The topological polar surface area (TPSA) is 104 Å². The van der Waals surface area contributed by atoms with Crippen LogP contribution in [0.15, 0.2) is 24.3 Å². The lowest BCUT2D eigenvalue weighted by molar-refractivity contribution is -0.385. The number of nitrogens with zero attached hydrogens (tertiary/aromatic N) is 3. The molecular weight excluding hydrogens is 278 g/mol. The molecule has 1 N–H and O–H groups in total. The van der Waals surface area contributed by atoms with Gasteiger partial charge in [0, 0.05) is 19.2 Å². The van der Waals surface area contributed by atoms with Crippen molar-refractivity contribution in [3.63, 3.8) is 0 Å². The van der Waals surface area contributed by atoms with Crippen molar-refractivity contribution in [2.24, 2.45) is 0 Å². The molecule has 0 saturated heterocycles. The van der Waals surface area contributed by atoms with Gasteiger partial charge in [0.25, 0.3) is 11.6 Å². The van der Waals surface area contributed by atoms with Crippen LogP contribution in [0.2, 0.25) is 0 Å². The molecule has 0 unspecified atom stereocenters. The number of amides is 1. The number of carboxylic acid groups (broad SMARTS) is 1. The first-order chi connectivity index (χ1) is 9.82. The fourth-order valence-corrected chi connectivity index (χ4v) is 1.72. The van der Waals surface area contributed by atoms with Crippen LogP contribution in [0.5, 0.6) is 0 Å². The Kier molecular flexibility index (Phi) is 5.79. The lowest BCUT2D eigenvalue weighted by Crippen LogP contribution is -2.40. The van der Waals surface area contributed by atoms with Crippen LogP contribution in [0, 0.1) is 10.1 Å². The van der Waals surface area contributed by atoms with Crippen molar-refractivity contribution in [1.82, 2.24) is 9.80 Å². The van der Waals surface area contributed by atoms with Gasteiger partial charge in [-0.25, -0.2) is 0 Å². The fourth-order valence-electron chi connectivity index (χ4n) is 1.72. The number of carbonyl (C=O) groups is 2. The molecule has 0 aromatic heterocycles. The third-order valence-corrected chi connectivity index (χ3v) is 2.76. The summed E-state index contributed by atoms with van der Waals surface area (Å²) in [6, 6.07) is 5.50. The number of nitro groups is 1. The van der Waals surface area contributed by atoms with Gasteiger partial charge in [-0.15, -0.1) is 0 Å². The fraction of sp³-hybridized carbons (Fsp3) is 0.385. The van der Waals surface area contributed by atoms with Gasteiger partial charge < -0.3 is 14.9 Å². The third kappa shape index (κ3) is 4.84. The number of hydrogen-bond acceptors (Lipinski definition) is 5. The maximum atomic E-state index is 12.4. The molecule has 0 aliphatic carbocycles. The summed E-state index contributed by atoms with van der Waals surface area (Å²) in [6.45, 7) is 0.128. The van der Waals surface area contributed by atoms with E-state index < -0.39 is 23.3 Å². The zero-order valence-corrected chi connectivity index (χ0v) is 11.9. The largest absolute Gasteiger partial charge is 0.480 e. The highest BCUT2D eigenvalue weighted by atomic mass is 16.6. The average Bonchev–Trinajstić information content (AvgIpc) is 2.42. The maximum absolute atomic E-state index is 12.4. The van der Waals surface area contributed by atoms with E-state index in [-0.39, 0.29) is 17.8 Å². The third-order valence-electron chi connectivity index (χ3n) is 2.76. The molecule has 0 atom stereocenters. The monoisotopic (exact) mass is 295 g/mol. The normalized spacial score (nSPS) is 10.4. The van der Waals surface area contributed by atoms with E-state index in [2.05, 4.69) is 0 Å². The summed E-state index contributed by atoms with van der Waals surface area (Å²) in [5.74, 6) is -1.83. The Balaban J connectivity index is 3.04. The zero-order chi connectivity index (χ0) is 16.0. The van der Waals surface area contributed by atoms with E-state index in [0.717, 1.165) is 4.90 Å². The molecule has 0 bridgehead atoms. The number of nitro benzene ring substituents is 1. The molecule has 8 heteroatoms. The molecule has 21 heavy (non-hydrogen) atoms. The first-order valence-electron chi connectivity index (χ1n) is 6.22. The molecule has 0 spiro atoms. The number of carboxylic acids is 1. The Hall–Kier alpha value is -2.48. The predicted molar refractivity (Wildman–Crippen MR) is 75.2 cm³/mol. The number of carbonyl (C=O) groups excluding carboxylic acids is 1. The molecule has 0 aliphatic rings. The molecule has 1 aromatic rings. The first kappa shape index (κ1) is 16.6. The molecule has 0 radical (unpaired) electrons. The Labute approximate surface area is 121 Å². The van der Waals surface area contributed by atoms with Crippen molar-refractivity contribution in [2.75, 3.05) is 33.7 Å². The summed E-state index contributed by atoms with van der Waals surface area (Å²) >= 11 is 0. The van der Waals surface area contributed by atoms with Gasteiger partial charge in [-0.1, -0.05) is 12.1 Å². The molecule has 0 heterocycles. The smallest absolute Gasteiger partial charge is 0.323 e. The molecule has 0 saturated carbocycles. The van der Waals surface area contributed by atoms with E-state index in [0.29, 0.717) is 6.54 Å². The molecule has 1 amide bonds. The summed E-state index contributed by atoms with van der Waals surface area (Å²) in [6.07, 6.45) is 0. The summed E-state index contributed by atoms with van der Waals surface area (Å²) < 4.78 is 0. The quantitative estimate of drug-likeness (QED) is 0.586. The standard InChI is InChI=1S/C13H17N3O5/c1-14(2)7-8-15(9-12(17)18)13(19)10-5-3-4-6-11(10)16(20)21/h3-6H,7-9H2,1-2H3,(H,17,18). The Morgan fingerprint density at radius 3 is 2.38 bits per heavy atom. The van der Waals surface area contributed by atoms with Crippen LogP contribution in [-0.4, -0.2) is 65.4 Å². The number of benzene rings is 1. The van der Waals surface area contributed by atoms with E-state index >= 15 is 0 Å². The van der Waals surface area contributed by atoms with Crippen LogP contribution in [0.4, 0.5) is 5.69 Å². The second-order valence-corrected chi connectivity index (χ2v) is 4.70. The van der Waals surface area contributed by atoms with Crippen LogP contribution >= 0.6 is 0 Å². The molecule has 1 aromatic carbocycles. The van der Waals surface area contributed by atoms with E-state index in [1.165, 1.54) is 24.3 Å². The Morgan fingerprint density at radius 2 is 1.86 bits per heavy atom. The van der Waals surface area contributed by atoms with Crippen LogP contribution in [-0.2, 0) is 4.79 Å². The van der Waals surface area contributed by atoms with Gasteiger partial charge in [0.15, 0.2) is 0 Å². The second-order valence-electron chi connectivity index (χ2n) is 4.70. The molecule has 0 fully saturated rings. The highest BCUT2D eigenvalue weighted by Crippen LogP contribution is 2.19. The van der Waals surface area contributed by atoms with Gasteiger partial charge in [0.05, 0.1) is 4.92 Å². The first-order valence-corrected chi connectivity index (χ1v) is 6.22. The second kappa shape index (κ2) is 7.34. The number of rotatable bonds is 7. The number of hydrogen-bond donors (Lipinski definition) is 1. The van der Waals surface area contributed by atoms with Gasteiger partial charge in [-0.2, -0.15) is 0 Å². The van der Waals surface area contributed by atoms with Crippen molar-refractivity contribution in [2.45, 2.75) is 0 Å². The zero-order valence-electron chi connectivity index (χ0n) is 11.9. The van der Waals surface area contributed by atoms with E-state index in [9.17, 15) is 19.7 Å². The number of likely N-dealkylation sites (N-methyl/N-ethyl adjacent to an activating group) is 1. The Bertz CT molecular complexity index is 544. The molecular formula is C13H17N3O5. The van der Waals surface area contributed by atoms with Crippen molar-refractivity contribution in [3.8, 4) is 0 Å². The van der Waals surface area contributed by atoms with Crippen molar-refractivity contribution < 1.29 is 19.6 Å². The highest BCUT2D eigenvalue weighted by molar-refractivity contribution is 5.99. The molecule has 0 aliphatic heterocycles.